The van der Waals surface area contributed by atoms with Crippen LogP contribution in [0.15, 0.2) is 29.2 Å². The van der Waals surface area contributed by atoms with Gasteiger partial charge in [0.1, 0.15) is 0 Å². The maximum atomic E-state index is 11.3. The number of carboxylic acid groups (broad SMARTS) is 1. The summed E-state index contributed by atoms with van der Waals surface area (Å²) in [5.41, 5.74) is 0.695. The van der Waals surface area contributed by atoms with Crippen molar-refractivity contribution in [2.45, 2.75) is 24.7 Å². The highest BCUT2D eigenvalue weighted by atomic mass is 32.2. The molecule has 0 fully saturated rings. The standard InChI is InChI=1S/C12H15NO3S/c1-2-17-10-5-3-9(4-6-10)13-11(14)7-8-12(15)16/h3-6H,2,7-8H2,1H3,(H,13,14)(H,15,16). The third-order valence-electron chi connectivity index (χ3n) is 2.02. The van der Waals surface area contributed by atoms with Crippen molar-refractivity contribution in [1.82, 2.24) is 0 Å². The van der Waals surface area contributed by atoms with Crippen LogP contribution in [0.1, 0.15) is 19.8 Å². The average Bonchev–Trinajstić information content (AvgIpc) is 2.29. The van der Waals surface area contributed by atoms with Gasteiger partial charge < -0.3 is 10.4 Å². The van der Waals surface area contributed by atoms with Gasteiger partial charge in [0.25, 0.3) is 0 Å². The minimum atomic E-state index is -0.963. The smallest absolute Gasteiger partial charge is 0.303 e. The Morgan fingerprint density at radius 1 is 1.24 bits per heavy atom. The predicted molar refractivity (Wildman–Crippen MR) is 68.3 cm³/mol. The molecule has 0 radical (unpaired) electrons. The van der Waals surface area contributed by atoms with Crippen LogP contribution in [0.4, 0.5) is 5.69 Å². The summed E-state index contributed by atoms with van der Waals surface area (Å²) in [7, 11) is 0. The molecule has 92 valence electrons. The van der Waals surface area contributed by atoms with Crippen LogP contribution in [-0.2, 0) is 9.59 Å². The van der Waals surface area contributed by atoms with E-state index in [0.717, 1.165) is 10.6 Å². The maximum absolute atomic E-state index is 11.3. The molecule has 5 heteroatoms. The van der Waals surface area contributed by atoms with E-state index in [4.69, 9.17) is 5.11 Å². The van der Waals surface area contributed by atoms with Gasteiger partial charge >= 0.3 is 5.97 Å². The molecule has 2 N–H and O–H groups in total. The van der Waals surface area contributed by atoms with Gasteiger partial charge in [-0.1, -0.05) is 6.92 Å². The number of rotatable bonds is 6. The predicted octanol–water partition coefficient (Wildman–Crippen LogP) is 2.60. The van der Waals surface area contributed by atoms with Gasteiger partial charge in [0, 0.05) is 17.0 Å². The van der Waals surface area contributed by atoms with Crippen molar-refractivity contribution in [3.8, 4) is 0 Å². The van der Waals surface area contributed by atoms with E-state index in [-0.39, 0.29) is 18.7 Å². The molecule has 0 aliphatic heterocycles. The fraction of sp³-hybridized carbons (Fsp3) is 0.333. The van der Waals surface area contributed by atoms with Crippen LogP contribution in [0.5, 0.6) is 0 Å². The molecule has 0 aliphatic carbocycles. The van der Waals surface area contributed by atoms with E-state index < -0.39 is 5.97 Å². The van der Waals surface area contributed by atoms with E-state index in [1.165, 1.54) is 0 Å². The van der Waals surface area contributed by atoms with Crippen molar-refractivity contribution >= 4 is 29.3 Å². The number of hydrogen-bond donors (Lipinski definition) is 2. The van der Waals surface area contributed by atoms with Gasteiger partial charge in [-0.05, 0) is 30.0 Å². The van der Waals surface area contributed by atoms with Crippen molar-refractivity contribution in [1.29, 1.82) is 0 Å². The van der Waals surface area contributed by atoms with Crippen molar-refractivity contribution in [2.75, 3.05) is 11.1 Å². The lowest BCUT2D eigenvalue weighted by molar-refractivity contribution is -0.138. The highest BCUT2D eigenvalue weighted by Crippen LogP contribution is 2.19. The second-order valence-corrected chi connectivity index (χ2v) is 4.74. The summed E-state index contributed by atoms with van der Waals surface area (Å²) in [5.74, 6) is -0.234. The van der Waals surface area contributed by atoms with Crippen molar-refractivity contribution in [3.63, 3.8) is 0 Å². The van der Waals surface area contributed by atoms with Crippen LogP contribution in [0.25, 0.3) is 0 Å². The molecule has 0 unspecified atom stereocenters. The van der Waals surface area contributed by atoms with Gasteiger partial charge in [0.2, 0.25) is 5.91 Å². The molecule has 1 amide bonds. The fourth-order valence-electron chi connectivity index (χ4n) is 1.25. The number of carbonyl (C=O) groups is 2. The molecule has 0 spiro atoms. The summed E-state index contributed by atoms with van der Waals surface area (Å²) in [6, 6.07) is 7.50. The van der Waals surface area contributed by atoms with Gasteiger partial charge in [-0.3, -0.25) is 9.59 Å². The Hall–Kier alpha value is -1.49. The van der Waals surface area contributed by atoms with E-state index >= 15 is 0 Å². The van der Waals surface area contributed by atoms with Gasteiger partial charge in [-0.15, -0.1) is 11.8 Å². The molecule has 0 saturated carbocycles. The maximum Gasteiger partial charge on any atom is 0.303 e. The molecule has 0 aromatic heterocycles. The van der Waals surface area contributed by atoms with Crippen molar-refractivity contribution in [2.24, 2.45) is 0 Å². The molecule has 4 nitrogen and oxygen atoms in total. The Balaban J connectivity index is 2.45. The van der Waals surface area contributed by atoms with Crippen LogP contribution >= 0.6 is 11.8 Å². The van der Waals surface area contributed by atoms with Gasteiger partial charge in [-0.2, -0.15) is 0 Å². The normalized spacial score (nSPS) is 9.94. The number of amides is 1. The van der Waals surface area contributed by atoms with Crippen LogP contribution in [0, 0.1) is 0 Å². The number of hydrogen-bond acceptors (Lipinski definition) is 3. The van der Waals surface area contributed by atoms with E-state index in [9.17, 15) is 9.59 Å². The van der Waals surface area contributed by atoms with E-state index in [2.05, 4.69) is 12.2 Å². The minimum absolute atomic E-state index is 0.000788. The van der Waals surface area contributed by atoms with Gasteiger partial charge in [0.15, 0.2) is 0 Å². The minimum Gasteiger partial charge on any atom is -0.481 e. The van der Waals surface area contributed by atoms with E-state index in [1.807, 2.05) is 24.3 Å². The summed E-state index contributed by atoms with van der Waals surface area (Å²) in [6.07, 6.45) is -0.142. The summed E-state index contributed by atoms with van der Waals surface area (Å²) in [5, 5.41) is 11.1. The second-order valence-electron chi connectivity index (χ2n) is 3.40. The Bertz CT molecular complexity index is 389. The first-order valence-corrected chi connectivity index (χ1v) is 6.35. The van der Waals surface area contributed by atoms with Crippen LogP contribution in [0.2, 0.25) is 0 Å². The Morgan fingerprint density at radius 3 is 2.41 bits per heavy atom. The van der Waals surface area contributed by atoms with Crippen LogP contribution in [-0.4, -0.2) is 22.7 Å². The highest BCUT2D eigenvalue weighted by Gasteiger charge is 2.05. The molecule has 0 atom stereocenters. The molecule has 0 bridgehead atoms. The summed E-state index contributed by atoms with van der Waals surface area (Å²) in [4.78, 5) is 22.8. The summed E-state index contributed by atoms with van der Waals surface area (Å²) >= 11 is 1.73. The molecule has 1 aromatic rings. The number of nitrogens with one attached hydrogen (secondary N) is 1. The average molecular weight is 253 g/mol. The Labute approximate surface area is 104 Å². The lowest BCUT2D eigenvalue weighted by Crippen LogP contribution is -2.12. The highest BCUT2D eigenvalue weighted by molar-refractivity contribution is 7.99. The zero-order valence-corrected chi connectivity index (χ0v) is 10.4. The number of anilines is 1. The topological polar surface area (TPSA) is 66.4 Å². The van der Waals surface area contributed by atoms with Gasteiger partial charge in [-0.25, -0.2) is 0 Å². The first-order valence-electron chi connectivity index (χ1n) is 5.36. The molecular weight excluding hydrogens is 238 g/mol. The largest absolute Gasteiger partial charge is 0.481 e. The molecule has 1 rings (SSSR count). The third kappa shape index (κ3) is 5.40. The molecular formula is C12H15NO3S. The lowest BCUT2D eigenvalue weighted by Gasteiger charge is -2.05. The summed E-state index contributed by atoms with van der Waals surface area (Å²) in [6.45, 7) is 2.08. The molecule has 1 aromatic carbocycles. The first-order chi connectivity index (χ1) is 8.11. The number of benzene rings is 1. The van der Waals surface area contributed by atoms with Crippen molar-refractivity contribution in [3.05, 3.63) is 24.3 Å². The van der Waals surface area contributed by atoms with Crippen LogP contribution in [0.3, 0.4) is 0 Å². The second kappa shape index (κ2) is 6.96. The zero-order chi connectivity index (χ0) is 12.7. The number of carboxylic acids is 1. The molecule has 0 heterocycles. The quantitative estimate of drug-likeness (QED) is 0.765. The van der Waals surface area contributed by atoms with E-state index in [1.54, 1.807) is 11.8 Å². The Morgan fingerprint density at radius 2 is 1.88 bits per heavy atom. The zero-order valence-electron chi connectivity index (χ0n) is 9.60. The SMILES string of the molecule is CCSc1ccc(NC(=O)CCC(=O)O)cc1. The number of carbonyl (C=O) groups excluding carboxylic acids is 1. The molecule has 0 aliphatic rings. The van der Waals surface area contributed by atoms with Gasteiger partial charge in [0.05, 0.1) is 6.42 Å². The molecule has 0 saturated heterocycles. The van der Waals surface area contributed by atoms with E-state index in [0.29, 0.717) is 5.69 Å². The van der Waals surface area contributed by atoms with Crippen molar-refractivity contribution < 1.29 is 14.7 Å². The third-order valence-corrected chi connectivity index (χ3v) is 2.91. The lowest BCUT2D eigenvalue weighted by atomic mass is 10.2. The number of aliphatic carboxylic acids is 1. The van der Waals surface area contributed by atoms with Crippen LogP contribution < -0.4 is 5.32 Å². The Kier molecular flexibility index (Phi) is 5.56. The fourth-order valence-corrected chi connectivity index (χ4v) is 1.91. The first kappa shape index (κ1) is 13.6. The summed E-state index contributed by atoms with van der Waals surface area (Å²) < 4.78 is 0. The monoisotopic (exact) mass is 253 g/mol. The molecule has 17 heavy (non-hydrogen) atoms. The number of thioether (sulfide) groups is 1.